The number of ether oxygens (including phenoxy) is 2. The number of hydrogen-bond acceptors (Lipinski definition) is 6. The summed E-state index contributed by atoms with van der Waals surface area (Å²) in [6.45, 7) is 4.94. The van der Waals surface area contributed by atoms with Crippen LogP contribution in [-0.4, -0.2) is 42.2 Å². The topological polar surface area (TPSA) is 99.4 Å². The van der Waals surface area contributed by atoms with E-state index in [-0.39, 0.29) is 41.3 Å². The van der Waals surface area contributed by atoms with Crippen LogP contribution in [0, 0.1) is 23.5 Å². The molecule has 0 saturated heterocycles. The molecule has 0 radical (unpaired) electrons. The first-order valence-electron chi connectivity index (χ1n) is 12.6. The smallest absolute Gasteiger partial charge is 0.274 e. The van der Waals surface area contributed by atoms with Gasteiger partial charge in [-0.2, -0.15) is 0 Å². The van der Waals surface area contributed by atoms with Gasteiger partial charge in [0.2, 0.25) is 0 Å². The number of nitrogens with one attached hydrogen (secondary N) is 1. The minimum absolute atomic E-state index is 0.0530. The number of carbonyl (C=O) groups excluding carboxylic acids is 1. The molecule has 38 heavy (non-hydrogen) atoms. The maximum Gasteiger partial charge on any atom is 0.274 e. The molecule has 2 aromatic heterocycles. The first kappa shape index (κ1) is 28.0. The van der Waals surface area contributed by atoms with Crippen molar-refractivity contribution >= 4 is 26.1 Å². The maximum absolute atomic E-state index is 15.1. The van der Waals surface area contributed by atoms with E-state index in [0.29, 0.717) is 29.4 Å². The Morgan fingerprint density at radius 1 is 1.16 bits per heavy atom. The van der Waals surface area contributed by atoms with Crippen molar-refractivity contribution < 1.29 is 23.0 Å². The van der Waals surface area contributed by atoms with Gasteiger partial charge in [-0.1, -0.05) is 13.8 Å². The molecular formula is C28H33F2N4O3P. The lowest BCUT2D eigenvalue weighted by Gasteiger charge is -2.37. The highest BCUT2D eigenvalue weighted by Gasteiger charge is 2.32. The van der Waals surface area contributed by atoms with Crippen LogP contribution in [-0.2, 0) is 4.74 Å². The lowest BCUT2D eigenvalue weighted by Crippen LogP contribution is -2.39. The number of carbonyl (C=O) groups is 1. The first-order valence-corrected chi connectivity index (χ1v) is 13.2. The van der Waals surface area contributed by atoms with E-state index in [1.807, 2.05) is 6.07 Å². The van der Waals surface area contributed by atoms with Gasteiger partial charge in [-0.3, -0.25) is 9.78 Å². The summed E-state index contributed by atoms with van der Waals surface area (Å²) in [5.41, 5.74) is 7.51. The molecule has 10 heteroatoms. The van der Waals surface area contributed by atoms with Crippen molar-refractivity contribution in [2.24, 2.45) is 17.6 Å². The zero-order chi connectivity index (χ0) is 27.4. The van der Waals surface area contributed by atoms with Gasteiger partial charge in [-0.15, -0.1) is 9.24 Å². The molecule has 1 fully saturated rings. The van der Waals surface area contributed by atoms with Crippen molar-refractivity contribution in [2.45, 2.75) is 38.6 Å². The van der Waals surface area contributed by atoms with Crippen molar-refractivity contribution in [3.63, 3.8) is 0 Å². The van der Waals surface area contributed by atoms with Crippen LogP contribution in [0.5, 0.6) is 5.75 Å². The molecule has 1 aliphatic rings. The Morgan fingerprint density at radius 2 is 1.95 bits per heavy atom. The number of pyridine rings is 2. The summed E-state index contributed by atoms with van der Waals surface area (Å²) in [4.78, 5) is 21.6. The summed E-state index contributed by atoms with van der Waals surface area (Å²) in [6.07, 6.45) is 5.04. The van der Waals surface area contributed by atoms with Crippen LogP contribution in [0.2, 0.25) is 0 Å². The van der Waals surface area contributed by atoms with Crippen molar-refractivity contribution in [3.8, 4) is 17.0 Å². The van der Waals surface area contributed by atoms with Gasteiger partial charge in [0.1, 0.15) is 35.4 Å². The van der Waals surface area contributed by atoms with E-state index in [2.05, 4.69) is 38.4 Å². The standard InChI is InChI=1S/C28H33F2N4O3P/c1-15-10-17(11-22(31)16(15)2)19-6-7-32-14-24(19)34-28(35)23-5-4-20(29)27(33-23)26-21(30)12-18(13-25(26)38)37-9-8-36-3/h4-7,12-17,22H,8-11,31,38H2,1-3H3,(H,34,35)/t15-,16-,17+,22+/m0/s1. The highest BCUT2D eigenvalue weighted by Crippen LogP contribution is 2.41. The van der Waals surface area contributed by atoms with Crippen LogP contribution in [0.25, 0.3) is 11.3 Å². The molecule has 1 saturated carbocycles. The van der Waals surface area contributed by atoms with E-state index in [1.54, 1.807) is 18.5 Å². The van der Waals surface area contributed by atoms with E-state index < -0.39 is 17.5 Å². The number of amides is 1. The van der Waals surface area contributed by atoms with Gasteiger partial charge < -0.3 is 20.5 Å². The Balaban J connectivity index is 1.59. The molecule has 1 aromatic carbocycles. The fraction of sp³-hybridized carbons (Fsp3) is 0.393. The molecule has 1 unspecified atom stereocenters. The normalized spacial score (nSPS) is 21.2. The second-order valence-electron chi connectivity index (χ2n) is 9.82. The van der Waals surface area contributed by atoms with E-state index in [4.69, 9.17) is 15.2 Å². The summed E-state index contributed by atoms with van der Waals surface area (Å²) >= 11 is 0. The SMILES string of the molecule is COCCOc1cc(F)c(-c2nc(C(=O)Nc3cnccc3[C@H]3C[C@@H](N)[C@@H](C)[C@@H](C)C3)ccc2F)c(P)c1. The monoisotopic (exact) mass is 542 g/mol. The van der Waals surface area contributed by atoms with E-state index in [0.717, 1.165) is 30.5 Å². The third-order valence-electron chi connectivity index (χ3n) is 7.29. The molecule has 1 aliphatic carbocycles. The number of nitrogens with zero attached hydrogens (tertiary/aromatic N) is 2. The third-order valence-corrected chi connectivity index (χ3v) is 7.75. The molecular weight excluding hydrogens is 509 g/mol. The number of hydrogen-bond donors (Lipinski definition) is 2. The third kappa shape index (κ3) is 6.17. The van der Waals surface area contributed by atoms with E-state index in [1.165, 1.54) is 13.2 Å². The average Bonchev–Trinajstić information content (AvgIpc) is 2.88. The molecule has 2 heterocycles. The Hall–Kier alpha value is -3.00. The molecule has 1 amide bonds. The molecule has 202 valence electrons. The quantitative estimate of drug-likeness (QED) is 0.317. The largest absolute Gasteiger partial charge is 0.491 e. The lowest BCUT2D eigenvalue weighted by atomic mass is 9.71. The van der Waals surface area contributed by atoms with Gasteiger partial charge in [-0.05, 0) is 65.7 Å². The second-order valence-corrected chi connectivity index (χ2v) is 10.4. The lowest BCUT2D eigenvalue weighted by molar-refractivity contribution is 0.102. The van der Waals surface area contributed by atoms with E-state index in [9.17, 15) is 9.18 Å². The summed E-state index contributed by atoms with van der Waals surface area (Å²) in [6, 6.07) is 7.06. The molecule has 3 N–H and O–H groups in total. The Kier molecular flexibility index (Phi) is 9.03. The number of nitrogens with two attached hydrogens (primary N) is 1. The van der Waals surface area contributed by atoms with Gasteiger partial charge in [-0.25, -0.2) is 13.8 Å². The molecule has 7 nitrogen and oxygen atoms in total. The van der Waals surface area contributed by atoms with Crippen LogP contribution in [0.3, 0.4) is 0 Å². The molecule has 5 atom stereocenters. The molecule has 0 bridgehead atoms. The highest BCUT2D eigenvalue weighted by molar-refractivity contribution is 7.28. The van der Waals surface area contributed by atoms with Crippen molar-refractivity contribution in [1.82, 2.24) is 9.97 Å². The fourth-order valence-electron chi connectivity index (χ4n) is 4.95. The molecule has 0 spiro atoms. The van der Waals surface area contributed by atoms with E-state index >= 15 is 4.39 Å². The Bertz CT molecular complexity index is 1270. The summed E-state index contributed by atoms with van der Waals surface area (Å²) in [5, 5.41) is 3.21. The Labute approximate surface area is 223 Å². The minimum atomic E-state index is -0.751. The van der Waals surface area contributed by atoms with Crippen molar-refractivity contribution in [3.05, 3.63) is 65.6 Å². The zero-order valence-electron chi connectivity index (χ0n) is 21.7. The van der Waals surface area contributed by atoms with Crippen molar-refractivity contribution in [2.75, 3.05) is 25.6 Å². The summed E-state index contributed by atoms with van der Waals surface area (Å²) in [5.74, 6) is -0.718. The number of rotatable bonds is 8. The van der Waals surface area contributed by atoms with Gasteiger partial charge in [0.25, 0.3) is 5.91 Å². The predicted molar refractivity (Wildman–Crippen MR) is 147 cm³/mol. The fourth-order valence-corrected chi connectivity index (χ4v) is 5.39. The number of methoxy groups -OCH3 is 1. The van der Waals surface area contributed by atoms with Crippen molar-refractivity contribution in [1.29, 1.82) is 0 Å². The number of halogens is 2. The second kappa shape index (κ2) is 12.2. The summed E-state index contributed by atoms with van der Waals surface area (Å²) < 4.78 is 40.3. The summed E-state index contributed by atoms with van der Waals surface area (Å²) in [7, 11) is 3.90. The molecule has 0 aliphatic heterocycles. The highest BCUT2D eigenvalue weighted by atomic mass is 31.0. The van der Waals surface area contributed by atoms with Crippen LogP contribution in [0.15, 0.2) is 42.7 Å². The number of aromatic nitrogens is 2. The van der Waals surface area contributed by atoms with Crippen LogP contribution >= 0.6 is 9.24 Å². The van der Waals surface area contributed by atoms with Crippen LogP contribution in [0.1, 0.15) is 48.7 Å². The maximum atomic E-state index is 15.1. The zero-order valence-corrected chi connectivity index (χ0v) is 22.9. The van der Waals surface area contributed by atoms with Crippen LogP contribution in [0.4, 0.5) is 14.5 Å². The predicted octanol–water partition coefficient (Wildman–Crippen LogP) is 4.68. The first-order chi connectivity index (χ1) is 18.2. The van der Waals surface area contributed by atoms with Crippen LogP contribution < -0.4 is 21.1 Å². The van der Waals surface area contributed by atoms with Gasteiger partial charge in [0, 0.05) is 31.0 Å². The average molecular weight is 543 g/mol. The minimum Gasteiger partial charge on any atom is -0.491 e. The number of anilines is 1. The molecule has 3 aromatic rings. The number of benzene rings is 1. The molecule has 4 rings (SSSR count). The Morgan fingerprint density at radius 3 is 2.66 bits per heavy atom. The van der Waals surface area contributed by atoms with Gasteiger partial charge in [0.05, 0.1) is 18.5 Å². The van der Waals surface area contributed by atoms with Gasteiger partial charge in [0.15, 0.2) is 0 Å². The van der Waals surface area contributed by atoms with Gasteiger partial charge >= 0.3 is 0 Å².